The van der Waals surface area contributed by atoms with E-state index in [-0.39, 0.29) is 13.4 Å². The molecule has 15 rings (SSSR count). The van der Waals surface area contributed by atoms with Gasteiger partial charge in [0, 0.05) is 8.95 Å². The quantitative estimate of drug-likeness (QED) is 0.0942. The maximum absolute atomic E-state index is 4.08. The minimum atomic E-state index is -3.08. The summed E-state index contributed by atoms with van der Waals surface area (Å²) in [6, 6.07) is 73.2. The van der Waals surface area contributed by atoms with Gasteiger partial charge < -0.3 is 0 Å². The van der Waals surface area contributed by atoms with E-state index in [1.165, 1.54) is 136 Å². The Morgan fingerprint density at radius 3 is 1.22 bits per heavy atom. The van der Waals surface area contributed by atoms with E-state index in [2.05, 4.69) is 227 Å². The molecule has 0 bridgehead atoms. The lowest BCUT2D eigenvalue weighted by molar-refractivity contribution is 1.54. The van der Waals surface area contributed by atoms with Crippen LogP contribution < -0.4 is 53.5 Å². The lowest BCUT2D eigenvalue weighted by Gasteiger charge is -2.38. The molecule has 0 saturated heterocycles. The van der Waals surface area contributed by atoms with Gasteiger partial charge in [0.25, 0.3) is 0 Å². The third kappa shape index (κ3) is 4.36. The van der Waals surface area contributed by atoms with Gasteiger partial charge >= 0.3 is 0 Å². The van der Waals surface area contributed by atoms with E-state index in [0.29, 0.717) is 0 Å². The molecule has 5 heteroatoms. The monoisotopic (exact) mass is 950 g/mol. The largest absolute Gasteiger partial charge is 0.244 e. The maximum Gasteiger partial charge on any atom is 0.244 e. The Bertz CT molecular complexity index is 3780. The van der Waals surface area contributed by atoms with Crippen LogP contribution in [-0.2, 0) is 0 Å². The molecular weight excluding hydrogens is 918 g/mol. The third-order valence-corrected chi connectivity index (χ3v) is 21.3. The van der Waals surface area contributed by atoms with Crippen LogP contribution in [0.5, 0.6) is 0 Å². The molecule has 4 aliphatic heterocycles. The van der Waals surface area contributed by atoms with Crippen LogP contribution in [-0.4, -0.2) is 21.5 Å². The van der Waals surface area contributed by atoms with Crippen molar-refractivity contribution in [1.82, 2.24) is 0 Å². The van der Waals surface area contributed by atoms with Crippen LogP contribution >= 0.6 is 31.9 Å². The summed E-state index contributed by atoms with van der Waals surface area (Å²) in [5, 5.41) is 14.1. The molecule has 4 heterocycles. The van der Waals surface area contributed by atoms with E-state index in [9.17, 15) is 0 Å². The van der Waals surface area contributed by atoms with E-state index in [1.807, 2.05) is 0 Å². The molecule has 0 saturated carbocycles. The lowest BCUT2D eigenvalue weighted by atomic mass is 9.34. The Balaban J connectivity index is 1.23. The third-order valence-electron chi connectivity index (χ3n) is 15.6. The number of benzene rings is 11. The highest BCUT2D eigenvalue weighted by Crippen LogP contribution is 2.48. The molecule has 0 nitrogen and oxygen atoms in total. The summed E-state index contributed by atoms with van der Waals surface area (Å²) in [7, 11) is -3.08. The standard InChI is InChI=1S/C59H34B2Br2Si/c1-33-25-42-46-28-34(62)26-44-39-21-12-14-24-50(39)61(58(44)46)52-31-48-53(64(36-15-5-2-6-16-36,37-17-7-3-8-18-37)38-19-9-4-10-20-38)32-43-47-29-35(63)27-45-40-22-11-13-23-49(40)60(59(45)47)51-30-41(33)56(54(42)52)57(48)55(43)51/h2-32H,1H3. The first kappa shape index (κ1) is 36.1. The van der Waals surface area contributed by atoms with Gasteiger partial charge in [0.1, 0.15) is 0 Å². The number of halogens is 2. The Morgan fingerprint density at radius 1 is 0.344 bits per heavy atom. The summed E-state index contributed by atoms with van der Waals surface area (Å²) in [5.41, 5.74) is 20.7. The first-order valence-corrected chi connectivity index (χ1v) is 26.0. The second-order valence-electron chi connectivity index (χ2n) is 18.5. The summed E-state index contributed by atoms with van der Waals surface area (Å²) < 4.78 is 2.25. The zero-order valence-electron chi connectivity index (χ0n) is 34.8. The van der Waals surface area contributed by atoms with Gasteiger partial charge in [-0.05, 0) is 134 Å². The van der Waals surface area contributed by atoms with Gasteiger partial charge in [0.15, 0.2) is 8.07 Å². The summed E-state index contributed by atoms with van der Waals surface area (Å²) in [6.45, 7) is 2.64. The molecule has 4 aliphatic rings. The van der Waals surface area contributed by atoms with Gasteiger partial charge in [0.05, 0.1) is 0 Å². The van der Waals surface area contributed by atoms with Crippen molar-refractivity contribution >= 4 is 139 Å². The molecule has 64 heavy (non-hydrogen) atoms. The molecule has 0 aliphatic carbocycles. The van der Waals surface area contributed by atoms with E-state index in [4.69, 9.17) is 0 Å². The van der Waals surface area contributed by atoms with Crippen molar-refractivity contribution in [2.75, 3.05) is 0 Å². The lowest BCUT2D eigenvalue weighted by Crippen LogP contribution is -2.75. The summed E-state index contributed by atoms with van der Waals surface area (Å²) in [5.74, 6) is 0. The molecule has 0 fully saturated rings. The molecular formula is C59H34B2Br2Si. The molecule has 0 spiro atoms. The molecule has 0 unspecified atom stereocenters. The highest BCUT2D eigenvalue weighted by Gasteiger charge is 2.48. The van der Waals surface area contributed by atoms with Crippen LogP contribution in [0.15, 0.2) is 197 Å². The van der Waals surface area contributed by atoms with Crippen molar-refractivity contribution < 1.29 is 0 Å². The molecule has 0 radical (unpaired) electrons. The van der Waals surface area contributed by atoms with E-state index < -0.39 is 8.07 Å². The van der Waals surface area contributed by atoms with Crippen molar-refractivity contribution in [1.29, 1.82) is 0 Å². The molecule has 11 aromatic rings. The smallest absolute Gasteiger partial charge is 0.0664 e. The van der Waals surface area contributed by atoms with E-state index >= 15 is 0 Å². The van der Waals surface area contributed by atoms with Crippen LogP contribution in [0, 0.1) is 6.92 Å². The minimum Gasteiger partial charge on any atom is -0.0664 e. The van der Waals surface area contributed by atoms with Gasteiger partial charge in [-0.2, -0.15) is 0 Å². The average molecular weight is 952 g/mol. The number of aryl methyl sites for hydroxylation is 1. The van der Waals surface area contributed by atoms with E-state index in [1.54, 1.807) is 0 Å². The Labute approximate surface area is 390 Å². The Hall–Kier alpha value is -6.23. The van der Waals surface area contributed by atoms with Crippen molar-refractivity contribution in [2.45, 2.75) is 6.92 Å². The summed E-state index contributed by atoms with van der Waals surface area (Å²) >= 11 is 8.09. The van der Waals surface area contributed by atoms with Crippen molar-refractivity contribution in [2.24, 2.45) is 0 Å². The molecule has 0 N–H and O–H groups in total. The summed E-state index contributed by atoms with van der Waals surface area (Å²) in [6.07, 6.45) is 0. The predicted molar refractivity (Wildman–Crippen MR) is 285 cm³/mol. The van der Waals surface area contributed by atoms with Crippen LogP contribution in [0.25, 0.3) is 76.8 Å². The zero-order valence-corrected chi connectivity index (χ0v) is 39.0. The normalized spacial score (nSPS) is 13.5. The van der Waals surface area contributed by atoms with Crippen molar-refractivity contribution in [3.8, 4) is 44.5 Å². The van der Waals surface area contributed by atoms with Crippen LogP contribution in [0.2, 0.25) is 0 Å². The number of hydrogen-bond acceptors (Lipinski definition) is 0. The van der Waals surface area contributed by atoms with Gasteiger partial charge in [0.2, 0.25) is 13.4 Å². The molecule has 11 aromatic carbocycles. The van der Waals surface area contributed by atoms with Gasteiger partial charge in [-0.1, -0.05) is 228 Å². The first-order valence-electron chi connectivity index (χ1n) is 22.4. The molecule has 294 valence electrons. The van der Waals surface area contributed by atoms with Crippen LogP contribution in [0.4, 0.5) is 0 Å². The van der Waals surface area contributed by atoms with Gasteiger partial charge in [-0.25, -0.2) is 0 Å². The maximum atomic E-state index is 4.08. The second-order valence-corrected chi connectivity index (χ2v) is 24.1. The van der Waals surface area contributed by atoms with Crippen LogP contribution in [0.3, 0.4) is 0 Å². The summed E-state index contributed by atoms with van der Waals surface area (Å²) in [4.78, 5) is 0. The average Bonchev–Trinajstić information content (AvgIpc) is 3.85. The Kier molecular flexibility index (Phi) is 7.19. The number of fused-ring (bicyclic) bond motifs is 10. The topological polar surface area (TPSA) is 0 Å². The van der Waals surface area contributed by atoms with Crippen LogP contribution in [0.1, 0.15) is 5.56 Å². The fourth-order valence-electron chi connectivity index (χ4n) is 13.4. The van der Waals surface area contributed by atoms with Gasteiger partial charge in [-0.3, -0.25) is 0 Å². The minimum absolute atomic E-state index is 0.123. The fraction of sp³-hybridized carbons (Fsp3) is 0.0169. The number of hydrogen-bond donors (Lipinski definition) is 0. The molecule has 0 amide bonds. The zero-order chi connectivity index (χ0) is 42.2. The Morgan fingerprint density at radius 2 is 0.734 bits per heavy atom. The van der Waals surface area contributed by atoms with Crippen molar-refractivity contribution in [3.05, 3.63) is 203 Å². The second kappa shape index (κ2) is 12.7. The fourth-order valence-corrected chi connectivity index (χ4v) is 19.2. The molecule has 0 atom stereocenters. The predicted octanol–water partition coefficient (Wildman–Crippen LogP) is 8.75. The SMILES string of the molecule is Cc1cc2c3c(cc4c([Si](c5ccccc5)(c5ccccc5)c5ccccc5)cc5c6c(cc1c3c46)B1c3ccccc3-c3cc(Br)cc-5c31)B1c3ccccc3-c3cc(Br)cc-2c31. The van der Waals surface area contributed by atoms with E-state index in [0.717, 1.165) is 8.95 Å². The first-order chi connectivity index (χ1) is 31.5. The highest BCUT2D eigenvalue weighted by molar-refractivity contribution is 9.10. The van der Waals surface area contributed by atoms with Gasteiger partial charge in [-0.15, -0.1) is 0 Å². The number of rotatable bonds is 4. The highest BCUT2D eigenvalue weighted by atomic mass is 79.9. The van der Waals surface area contributed by atoms with Crippen molar-refractivity contribution in [3.63, 3.8) is 0 Å². The molecule has 0 aromatic heterocycles.